The Morgan fingerprint density at radius 3 is 1.50 bits per heavy atom. The van der Waals surface area contributed by atoms with Crippen LogP contribution < -0.4 is 0 Å². The Labute approximate surface area is 179 Å². The molecule has 30 heavy (non-hydrogen) atoms. The summed E-state index contributed by atoms with van der Waals surface area (Å²) >= 11 is 0. The van der Waals surface area contributed by atoms with Gasteiger partial charge in [0.1, 0.15) is 21.4 Å². The predicted molar refractivity (Wildman–Crippen MR) is 120 cm³/mol. The second-order valence-corrected chi connectivity index (χ2v) is 11.3. The number of nitrogens with zero attached hydrogens (tertiary/aromatic N) is 2. The van der Waals surface area contributed by atoms with Crippen molar-refractivity contribution >= 4 is 21.4 Å². The first-order valence-corrected chi connectivity index (χ1v) is 11.7. The van der Waals surface area contributed by atoms with Gasteiger partial charge in [-0.2, -0.15) is 0 Å². The monoisotopic (exact) mass is 444 g/mol. The predicted octanol–water partition coefficient (Wildman–Crippen LogP) is 3.50. The molecule has 0 spiro atoms. The van der Waals surface area contributed by atoms with Crippen molar-refractivity contribution < 1.29 is 16.8 Å². The summed E-state index contributed by atoms with van der Waals surface area (Å²) in [6, 6.07) is 14.4. The van der Waals surface area contributed by atoms with E-state index in [9.17, 15) is 16.8 Å². The highest BCUT2D eigenvalue weighted by atomic mass is 32.2. The Kier molecular flexibility index (Phi) is 6.10. The van der Waals surface area contributed by atoms with E-state index in [4.69, 9.17) is 0 Å². The topological polar surface area (TPSA) is 94.1 Å². The number of benzene rings is 2. The zero-order valence-corrected chi connectivity index (χ0v) is 19.0. The molecule has 3 aromatic rings. The summed E-state index contributed by atoms with van der Waals surface area (Å²) in [4.78, 5) is 8.94. The molecule has 0 fully saturated rings. The highest BCUT2D eigenvalue weighted by Gasteiger charge is 2.29. The second kappa shape index (κ2) is 8.28. The highest BCUT2D eigenvalue weighted by Crippen LogP contribution is 2.35. The van der Waals surface area contributed by atoms with Gasteiger partial charge in [-0.05, 0) is 44.4 Å². The number of hydrogen-bond acceptors (Lipinski definition) is 6. The van der Waals surface area contributed by atoms with E-state index in [1.807, 2.05) is 18.2 Å². The Balaban J connectivity index is 2.10. The van der Waals surface area contributed by atoms with Crippen molar-refractivity contribution in [2.75, 3.05) is 0 Å². The van der Waals surface area contributed by atoms with Crippen molar-refractivity contribution in [1.82, 2.24) is 9.97 Å². The Morgan fingerprint density at radius 2 is 1.03 bits per heavy atom. The van der Waals surface area contributed by atoms with Crippen LogP contribution >= 0.6 is 0 Å². The lowest BCUT2D eigenvalue weighted by Gasteiger charge is -2.22. The average Bonchev–Trinajstić information content (AvgIpc) is 2.73. The fourth-order valence-electron chi connectivity index (χ4n) is 3.28. The first-order valence-electron chi connectivity index (χ1n) is 9.37. The van der Waals surface area contributed by atoms with E-state index in [0.717, 1.165) is 5.56 Å². The van der Waals surface area contributed by atoms with E-state index in [1.165, 1.54) is 0 Å². The van der Waals surface area contributed by atoms with Gasteiger partial charge in [-0.15, -0.1) is 0 Å². The molecule has 2 aromatic carbocycles. The molecular formula is C22H24N2O4S2. The molecule has 8 heteroatoms. The number of rotatable bonds is 6. The standard InChI is InChI=1S/C22H24N2O4S2/c1-21(2,29(25)26)18-11-7-5-9-16(18)15-13-23-20(24-14-15)17-10-6-8-12-19(17)22(3,4)30(27)28/h5-14,29-30H,1-4H3. The Morgan fingerprint density at radius 1 is 0.633 bits per heavy atom. The molecule has 0 N–H and O–H groups in total. The summed E-state index contributed by atoms with van der Waals surface area (Å²) in [5.41, 5.74) is 3.36. The van der Waals surface area contributed by atoms with Gasteiger partial charge in [0, 0.05) is 23.5 Å². The molecule has 0 bridgehead atoms. The lowest BCUT2D eigenvalue weighted by molar-refractivity contribution is 0.576. The van der Waals surface area contributed by atoms with Gasteiger partial charge in [0.25, 0.3) is 0 Å². The van der Waals surface area contributed by atoms with Gasteiger partial charge < -0.3 is 0 Å². The van der Waals surface area contributed by atoms with Crippen LogP contribution in [0.25, 0.3) is 22.5 Å². The van der Waals surface area contributed by atoms with Crippen LogP contribution in [0.5, 0.6) is 0 Å². The lowest BCUT2D eigenvalue weighted by atomic mass is 9.93. The third-order valence-electron chi connectivity index (χ3n) is 5.29. The van der Waals surface area contributed by atoms with Crippen LogP contribution in [0.1, 0.15) is 38.8 Å². The van der Waals surface area contributed by atoms with Crippen molar-refractivity contribution in [3.63, 3.8) is 0 Å². The molecule has 0 aliphatic rings. The van der Waals surface area contributed by atoms with Crippen LogP contribution in [0.3, 0.4) is 0 Å². The van der Waals surface area contributed by atoms with E-state index in [-0.39, 0.29) is 0 Å². The maximum absolute atomic E-state index is 11.8. The second-order valence-electron chi connectivity index (χ2n) is 8.02. The van der Waals surface area contributed by atoms with Crippen LogP contribution in [0.15, 0.2) is 60.9 Å². The number of thiol groups is 2. The fraction of sp³-hybridized carbons (Fsp3) is 0.273. The van der Waals surface area contributed by atoms with Crippen molar-refractivity contribution in [3.05, 3.63) is 72.1 Å². The van der Waals surface area contributed by atoms with Gasteiger partial charge in [0.2, 0.25) is 0 Å². The van der Waals surface area contributed by atoms with Crippen LogP contribution in [-0.2, 0) is 30.9 Å². The summed E-state index contributed by atoms with van der Waals surface area (Å²) in [5, 5.41) is 0. The molecule has 6 nitrogen and oxygen atoms in total. The van der Waals surface area contributed by atoms with Gasteiger partial charge in [-0.25, -0.2) is 26.8 Å². The van der Waals surface area contributed by atoms with Crippen molar-refractivity contribution in [3.8, 4) is 22.5 Å². The minimum atomic E-state index is -2.71. The number of aromatic nitrogens is 2. The maximum atomic E-state index is 11.8. The van der Waals surface area contributed by atoms with Gasteiger partial charge in [-0.3, -0.25) is 0 Å². The van der Waals surface area contributed by atoms with Crippen LogP contribution in [0.2, 0.25) is 0 Å². The zero-order chi connectivity index (χ0) is 22.1. The average molecular weight is 445 g/mol. The Hall–Kier alpha value is -2.58. The lowest BCUT2D eigenvalue weighted by Crippen LogP contribution is -2.20. The molecule has 1 aromatic heterocycles. The van der Waals surface area contributed by atoms with Crippen LogP contribution in [-0.4, -0.2) is 26.8 Å². The molecule has 0 amide bonds. The molecule has 0 radical (unpaired) electrons. The van der Waals surface area contributed by atoms with E-state index in [1.54, 1.807) is 70.4 Å². The third-order valence-corrected chi connectivity index (χ3v) is 7.60. The van der Waals surface area contributed by atoms with Crippen molar-refractivity contribution in [2.24, 2.45) is 0 Å². The minimum absolute atomic E-state index is 0.408. The molecule has 1 heterocycles. The highest BCUT2D eigenvalue weighted by molar-refractivity contribution is 7.73. The van der Waals surface area contributed by atoms with Gasteiger partial charge in [0.15, 0.2) is 5.82 Å². The summed E-state index contributed by atoms with van der Waals surface area (Å²) in [5.74, 6) is 0.408. The number of hydrogen-bond donors (Lipinski definition) is 2. The molecule has 0 aliphatic heterocycles. The maximum Gasteiger partial charge on any atom is 0.159 e. The molecular weight excluding hydrogens is 420 g/mol. The normalized spacial score (nSPS) is 12.5. The first-order chi connectivity index (χ1) is 14.1. The van der Waals surface area contributed by atoms with Crippen molar-refractivity contribution in [1.29, 1.82) is 0 Å². The first kappa shape index (κ1) is 22.1. The molecule has 0 saturated heterocycles. The smallest absolute Gasteiger partial charge is 0.159 e. The molecule has 0 saturated carbocycles. The third kappa shape index (κ3) is 4.02. The largest absolute Gasteiger partial charge is 0.236 e. The summed E-state index contributed by atoms with van der Waals surface area (Å²) in [6.07, 6.45) is 3.27. The SMILES string of the molecule is CC(C)(c1ccccc1-c1cnc(-c2ccccc2C(C)(C)[SH](=O)=O)nc1)[SH](=O)=O. The van der Waals surface area contributed by atoms with E-state index < -0.39 is 30.9 Å². The fourth-order valence-corrected chi connectivity index (χ4v) is 4.07. The van der Waals surface area contributed by atoms with Crippen LogP contribution in [0.4, 0.5) is 0 Å². The van der Waals surface area contributed by atoms with Crippen molar-refractivity contribution in [2.45, 2.75) is 37.2 Å². The van der Waals surface area contributed by atoms with Gasteiger partial charge >= 0.3 is 0 Å². The Bertz CT molecular complexity index is 1120. The molecule has 158 valence electrons. The van der Waals surface area contributed by atoms with E-state index >= 15 is 0 Å². The van der Waals surface area contributed by atoms with E-state index in [0.29, 0.717) is 28.1 Å². The minimum Gasteiger partial charge on any atom is -0.236 e. The zero-order valence-electron chi connectivity index (χ0n) is 17.2. The van der Waals surface area contributed by atoms with Crippen LogP contribution in [0, 0.1) is 0 Å². The summed E-state index contributed by atoms with van der Waals surface area (Å²) in [7, 11) is -5.40. The molecule has 0 unspecified atom stereocenters. The van der Waals surface area contributed by atoms with E-state index in [2.05, 4.69) is 9.97 Å². The molecule has 0 aliphatic carbocycles. The van der Waals surface area contributed by atoms with Gasteiger partial charge in [0.05, 0.1) is 9.49 Å². The molecule has 3 rings (SSSR count). The quantitative estimate of drug-likeness (QED) is 0.565. The summed E-state index contributed by atoms with van der Waals surface area (Å²) < 4.78 is 45.0. The summed E-state index contributed by atoms with van der Waals surface area (Å²) in [6.45, 7) is 6.62. The van der Waals surface area contributed by atoms with Gasteiger partial charge in [-0.1, -0.05) is 48.5 Å². The molecule has 0 atom stereocenters.